The Kier molecular flexibility index (Phi) is 5.40. The van der Waals surface area contributed by atoms with Crippen LogP contribution in [0.4, 0.5) is 0 Å². The maximum absolute atomic E-state index is 13.0. The van der Waals surface area contributed by atoms with Gasteiger partial charge < -0.3 is 10.0 Å². The first-order valence-electron chi connectivity index (χ1n) is 9.64. The fourth-order valence-electron chi connectivity index (χ4n) is 3.62. The van der Waals surface area contributed by atoms with Gasteiger partial charge in [-0.2, -0.15) is 0 Å². The van der Waals surface area contributed by atoms with Crippen molar-refractivity contribution in [2.45, 2.75) is 6.54 Å². The molecule has 0 atom stereocenters. The Bertz CT molecular complexity index is 930. The summed E-state index contributed by atoms with van der Waals surface area (Å²) in [6.45, 7) is 4.19. The molecule has 1 saturated heterocycles. The molecule has 3 aromatic carbocycles. The van der Waals surface area contributed by atoms with Crippen LogP contribution in [0.1, 0.15) is 15.9 Å². The zero-order valence-electron chi connectivity index (χ0n) is 15.8. The van der Waals surface area contributed by atoms with Gasteiger partial charge in [0.25, 0.3) is 5.91 Å². The van der Waals surface area contributed by atoms with Crippen molar-refractivity contribution in [2.24, 2.45) is 0 Å². The lowest BCUT2D eigenvalue weighted by molar-refractivity contribution is 0.0628. The fraction of sp³-hybridized carbons (Fsp3) is 0.208. The second-order valence-electron chi connectivity index (χ2n) is 7.18. The van der Waals surface area contributed by atoms with Crippen LogP contribution in [-0.4, -0.2) is 47.0 Å². The number of benzene rings is 3. The van der Waals surface area contributed by atoms with Crippen molar-refractivity contribution in [3.05, 3.63) is 90.0 Å². The van der Waals surface area contributed by atoms with E-state index in [1.165, 1.54) is 5.56 Å². The van der Waals surface area contributed by atoms with Crippen LogP contribution in [0.5, 0.6) is 5.75 Å². The molecule has 3 aromatic rings. The minimum Gasteiger partial charge on any atom is -0.508 e. The maximum Gasteiger partial charge on any atom is 0.253 e. The third-order valence-electron chi connectivity index (χ3n) is 5.22. The summed E-state index contributed by atoms with van der Waals surface area (Å²) in [6, 6.07) is 25.2. The predicted molar refractivity (Wildman–Crippen MR) is 111 cm³/mol. The molecule has 28 heavy (non-hydrogen) atoms. The summed E-state index contributed by atoms with van der Waals surface area (Å²) >= 11 is 0. The molecule has 1 aliphatic heterocycles. The first kappa shape index (κ1) is 18.3. The van der Waals surface area contributed by atoms with E-state index >= 15 is 0 Å². The molecule has 1 fully saturated rings. The molecule has 0 radical (unpaired) electrons. The smallest absolute Gasteiger partial charge is 0.253 e. The number of piperazine rings is 1. The summed E-state index contributed by atoms with van der Waals surface area (Å²) in [4.78, 5) is 17.3. The van der Waals surface area contributed by atoms with Crippen molar-refractivity contribution < 1.29 is 9.90 Å². The van der Waals surface area contributed by atoms with Gasteiger partial charge >= 0.3 is 0 Å². The normalized spacial score (nSPS) is 14.8. The largest absolute Gasteiger partial charge is 0.508 e. The van der Waals surface area contributed by atoms with Crippen LogP contribution in [0.15, 0.2) is 78.9 Å². The summed E-state index contributed by atoms with van der Waals surface area (Å²) in [7, 11) is 0. The summed E-state index contributed by atoms with van der Waals surface area (Å²) in [6.07, 6.45) is 0. The van der Waals surface area contributed by atoms with Crippen LogP contribution in [0.2, 0.25) is 0 Å². The Morgan fingerprint density at radius 3 is 2.21 bits per heavy atom. The predicted octanol–water partition coefficient (Wildman–Crippen LogP) is 4.02. The van der Waals surface area contributed by atoms with E-state index in [-0.39, 0.29) is 11.7 Å². The van der Waals surface area contributed by atoms with Gasteiger partial charge in [0.05, 0.1) is 0 Å². The fourth-order valence-corrected chi connectivity index (χ4v) is 3.62. The molecule has 1 aliphatic rings. The molecule has 1 heterocycles. The van der Waals surface area contributed by atoms with E-state index in [0.717, 1.165) is 43.9 Å². The van der Waals surface area contributed by atoms with E-state index in [2.05, 4.69) is 29.2 Å². The first-order valence-corrected chi connectivity index (χ1v) is 9.64. The van der Waals surface area contributed by atoms with E-state index in [1.807, 2.05) is 47.4 Å². The Morgan fingerprint density at radius 1 is 0.786 bits per heavy atom. The number of aromatic hydroxyl groups is 1. The topological polar surface area (TPSA) is 43.8 Å². The number of rotatable bonds is 4. The second kappa shape index (κ2) is 8.28. The summed E-state index contributed by atoms with van der Waals surface area (Å²) in [5.74, 6) is 0.323. The Morgan fingerprint density at radius 2 is 1.50 bits per heavy atom. The Labute approximate surface area is 165 Å². The highest BCUT2D eigenvalue weighted by Crippen LogP contribution is 2.23. The van der Waals surface area contributed by atoms with Gasteiger partial charge in [0.15, 0.2) is 0 Å². The van der Waals surface area contributed by atoms with Crippen molar-refractivity contribution in [2.75, 3.05) is 26.2 Å². The lowest BCUT2D eigenvalue weighted by Crippen LogP contribution is -2.48. The van der Waals surface area contributed by atoms with Crippen LogP contribution in [0.25, 0.3) is 11.1 Å². The number of hydrogen-bond acceptors (Lipinski definition) is 3. The van der Waals surface area contributed by atoms with E-state index in [4.69, 9.17) is 0 Å². The highest BCUT2D eigenvalue weighted by molar-refractivity contribution is 5.95. The molecule has 0 saturated carbocycles. The number of nitrogens with zero attached hydrogens (tertiary/aromatic N) is 2. The van der Waals surface area contributed by atoms with E-state index in [1.54, 1.807) is 12.1 Å². The third kappa shape index (κ3) is 4.24. The van der Waals surface area contributed by atoms with Crippen molar-refractivity contribution in [1.82, 2.24) is 9.80 Å². The molecule has 4 heteroatoms. The number of amides is 1. The molecular weight excluding hydrogens is 348 g/mol. The number of phenols is 1. The van der Waals surface area contributed by atoms with Gasteiger partial charge in [0, 0.05) is 38.3 Å². The van der Waals surface area contributed by atoms with Crippen molar-refractivity contribution in [1.29, 1.82) is 0 Å². The molecule has 142 valence electrons. The van der Waals surface area contributed by atoms with E-state index < -0.39 is 0 Å². The lowest BCUT2D eigenvalue weighted by Gasteiger charge is -2.34. The van der Waals surface area contributed by atoms with Crippen LogP contribution >= 0.6 is 0 Å². The highest BCUT2D eigenvalue weighted by Gasteiger charge is 2.22. The molecule has 0 bridgehead atoms. The summed E-state index contributed by atoms with van der Waals surface area (Å²) in [5.41, 5.74) is 3.99. The van der Waals surface area contributed by atoms with Crippen molar-refractivity contribution in [3.8, 4) is 16.9 Å². The molecule has 1 amide bonds. The standard InChI is InChI=1S/C24H24N2O2/c27-23-11-9-20(10-12-23)21-7-4-8-22(17-21)24(28)26-15-13-25(14-16-26)18-19-5-2-1-3-6-19/h1-12,17,27H,13-16,18H2. The monoisotopic (exact) mass is 372 g/mol. The molecule has 0 aromatic heterocycles. The van der Waals surface area contributed by atoms with Crippen LogP contribution in [0.3, 0.4) is 0 Å². The highest BCUT2D eigenvalue weighted by atomic mass is 16.3. The van der Waals surface area contributed by atoms with Gasteiger partial charge in [-0.15, -0.1) is 0 Å². The van der Waals surface area contributed by atoms with Gasteiger partial charge in [-0.05, 0) is 41.0 Å². The average molecular weight is 372 g/mol. The lowest BCUT2D eigenvalue weighted by atomic mass is 10.0. The van der Waals surface area contributed by atoms with Gasteiger partial charge in [-0.3, -0.25) is 9.69 Å². The molecule has 4 nitrogen and oxygen atoms in total. The molecular formula is C24H24N2O2. The first-order chi connectivity index (χ1) is 13.7. The van der Waals surface area contributed by atoms with Gasteiger partial charge in [-0.25, -0.2) is 0 Å². The summed E-state index contributed by atoms with van der Waals surface area (Å²) in [5, 5.41) is 9.47. The summed E-state index contributed by atoms with van der Waals surface area (Å²) < 4.78 is 0. The van der Waals surface area contributed by atoms with Crippen LogP contribution < -0.4 is 0 Å². The van der Waals surface area contributed by atoms with E-state index in [0.29, 0.717) is 5.56 Å². The average Bonchev–Trinajstić information content (AvgIpc) is 2.75. The quantitative estimate of drug-likeness (QED) is 0.752. The third-order valence-corrected chi connectivity index (χ3v) is 5.22. The van der Waals surface area contributed by atoms with Gasteiger partial charge in [0.1, 0.15) is 5.75 Å². The second-order valence-corrected chi connectivity index (χ2v) is 7.18. The van der Waals surface area contributed by atoms with Crippen LogP contribution in [-0.2, 0) is 6.54 Å². The number of carbonyl (C=O) groups excluding carboxylic acids is 1. The number of carbonyl (C=O) groups is 1. The zero-order chi connectivity index (χ0) is 19.3. The molecule has 0 spiro atoms. The van der Waals surface area contributed by atoms with Crippen molar-refractivity contribution in [3.63, 3.8) is 0 Å². The molecule has 4 rings (SSSR count). The Balaban J connectivity index is 1.40. The maximum atomic E-state index is 13.0. The minimum absolute atomic E-state index is 0.0833. The SMILES string of the molecule is O=C(c1cccc(-c2ccc(O)cc2)c1)N1CCN(Cc2ccccc2)CC1. The molecule has 0 unspecified atom stereocenters. The number of hydrogen-bond donors (Lipinski definition) is 1. The van der Waals surface area contributed by atoms with Crippen molar-refractivity contribution >= 4 is 5.91 Å². The number of phenolic OH excluding ortho intramolecular Hbond substituents is 1. The Hall–Kier alpha value is -3.11. The van der Waals surface area contributed by atoms with E-state index in [9.17, 15) is 9.90 Å². The van der Waals surface area contributed by atoms with Crippen LogP contribution in [0, 0.1) is 0 Å². The zero-order valence-corrected chi connectivity index (χ0v) is 15.8. The minimum atomic E-state index is 0.0833. The van der Waals surface area contributed by atoms with Gasteiger partial charge in [-0.1, -0.05) is 54.6 Å². The van der Waals surface area contributed by atoms with Gasteiger partial charge in [0.2, 0.25) is 0 Å². The molecule has 1 N–H and O–H groups in total. The molecule has 0 aliphatic carbocycles.